The van der Waals surface area contributed by atoms with Gasteiger partial charge in [0.05, 0.1) is 56.0 Å². The number of hydrogen-bond acceptors (Lipinski definition) is 8. The summed E-state index contributed by atoms with van der Waals surface area (Å²) in [6.07, 6.45) is 0. The van der Waals surface area contributed by atoms with Gasteiger partial charge in [0.15, 0.2) is 11.6 Å². The molecule has 6 aromatic heterocycles. The molecule has 3 radical (unpaired) electrons. The molecule has 0 unspecified atom stereocenters. The molecule has 0 aliphatic carbocycles. The van der Waals surface area contributed by atoms with E-state index in [4.69, 9.17) is 38.1 Å². The molecule has 7 heterocycles. The first-order chi connectivity index (χ1) is 53.9. The molecule has 14 aromatic carbocycles. The summed E-state index contributed by atoms with van der Waals surface area (Å²) in [6.45, 7) is 8.33. The van der Waals surface area contributed by atoms with Crippen LogP contribution < -0.4 is 5.46 Å². The highest BCUT2D eigenvalue weighted by molar-refractivity contribution is 9.10. The molecule has 0 bridgehead atoms. The van der Waals surface area contributed by atoms with Gasteiger partial charge in [-0.1, -0.05) is 290 Å². The van der Waals surface area contributed by atoms with E-state index in [1.807, 2.05) is 127 Å². The summed E-state index contributed by atoms with van der Waals surface area (Å²) in [4.78, 5) is 19.7. The molecule has 0 atom stereocenters. The standard InChI is InChI=1S/C46H29N3O.C30H26BNO3.C22H15BrN2.CH4.B/c1-3-13-31(14-4-1)40-29-41(32-15-5-2-6-16-32)48-46(47-40)33-25-23-30(24-26-33)38-27-34(28-39-37-19-9-12-22-44(37)50-45(38)39)49-42-20-10-7-17-35(42)36-18-8-11-21-43(36)49;1-29(2)30(3,4)35-31(34-29)24-18-19(17-23-22-13-7-10-16-27(22)33-28(23)24)32-25-14-8-5-11-20(25)21-12-6-9-15-26(21)32;23-19-13-11-18(12-14-19)22-24-20(16-7-3-1-4-8-16)15-21(25-22)17-9-5-2-6-10-17;;/h1-29H;5-18H,1-4H3;1-15H;1H4;. The van der Waals surface area contributed by atoms with Crippen LogP contribution in [0.15, 0.2) is 365 Å². The van der Waals surface area contributed by atoms with Gasteiger partial charge >= 0.3 is 7.12 Å². The van der Waals surface area contributed by atoms with E-state index in [-0.39, 0.29) is 15.8 Å². The summed E-state index contributed by atoms with van der Waals surface area (Å²) in [5.41, 5.74) is 22.2. The third kappa shape index (κ3) is 13.2. The Labute approximate surface area is 660 Å². The Morgan fingerprint density at radius 1 is 0.295 bits per heavy atom. The molecule has 0 spiro atoms. The molecular weight excluding hydrogens is 1440 g/mol. The highest BCUT2D eigenvalue weighted by atomic mass is 79.9. The van der Waals surface area contributed by atoms with E-state index in [0.717, 1.165) is 138 Å². The maximum absolute atomic E-state index is 6.60. The monoisotopic (exact) mass is 1510 g/mol. The Bertz CT molecular complexity index is 6630. The number of hydrogen-bond donors (Lipinski definition) is 0. The highest BCUT2D eigenvalue weighted by Gasteiger charge is 2.53. The number of rotatable bonds is 10. The van der Waals surface area contributed by atoms with Crippen LogP contribution in [0.1, 0.15) is 35.1 Å². The number of furan rings is 2. The van der Waals surface area contributed by atoms with Gasteiger partial charge in [0.25, 0.3) is 0 Å². The van der Waals surface area contributed by atoms with Crippen molar-refractivity contribution in [2.75, 3.05) is 0 Å². The van der Waals surface area contributed by atoms with E-state index in [2.05, 4.69) is 277 Å². The van der Waals surface area contributed by atoms with Crippen molar-refractivity contribution in [2.24, 2.45) is 0 Å². The van der Waals surface area contributed by atoms with Crippen molar-refractivity contribution in [3.8, 4) is 90.3 Å². The van der Waals surface area contributed by atoms with Crippen molar-refractivity contribution in [3.05, 3.63) is 356 Å². The predicted molar refractivity (Wildman–Crippen MR) is 468 cm³/mol. The maximum Gasteiger partial charge on any atom is 0.498 e. The Balaban J connectivity index is 0.000000128. The van der Waals surface area contributed by atoms with Gasteiger partial charge in [0, 0.05) is 112 Å². The minimum Gasteiger partial charge on any atom is -0.456 e. The molecule has 1 aliphatic heterocycles. The number of nitrogens with zero attached hydrogens (tertiary/aromatic N) is 6. The summed E-state index contributed by atoms with van der Waals surface area (Å²) in [5, 5.41) is 9.27. The van der Waals surface area contributed by atoms with Gasteiger partial charge in [0.1, 0.15) is 22.3 Å². The second-order valence-electron chi connectivity index (χ2n) is 28.8. The smallest absolute Gasteiger partial charge is 0.456 e. The average Bonchev–Trinajstić information content (AvgIpc) is 1.57. The van der Waals surface area contributed by atoms with Crippen molar-refractivity contribution in [1.29, 1.82) is 0 Å². The van der Waals surface area contributed by atoms with Crippen LogP contribution in [0.2, 0.25) is 0 Å². The third-order valence-corrected chi connectivity index (χ3v) is 22.0. The Morgan fingerprint density at radius 2 is 0.598 bits per heavy atom. The molecule has 112 heavy (non-hydrogen) atoms. The molecule has 21 rings (SSSR count). The number of benzene rings is 14. The third-order valence-electron chi connectivity index (χ3n) is 21.4. The van der Waals surface area contributed by atoms with E-state index in [1.165, 1.54) is 43.6 Å². The van der Waals surface area contributed by atoms with Crippen molar-refractivity contribution < 1.29 is 18.1 Å². The van der Waals surface area contributed by atoms with Gasteiger partial charge in [-0.2, -0.15) is 0 Å². The summed E-state index contributed by atoms with van der Waals surface area (Å²) in [7, 11) is -0.531. The van der Waals surface area contributed by atoms with Crippen LogP contribution in [0.4, 0.5) is 0 Å². The van der Waals surface area contributed by atoms with Crippen LogP contribution in [0.5, 0.6) is 0 Å². The van der Waals surface area contributed by atoms with Crippen LogP contribution >= 0.6 is 15.9 Å². The molecule has 1 saturated heterocycles. The minimum absolute atomic E-state index is 0. The Morgan fingerprint density at radius 3 is 0.982 bits per heavy atom. The molecule has 1 fully saturated rings. The minimum atomic E-state index is -0.531. The number of aromatic nitrogens is 6. The van der Waals surface area contributed by atoms with Crippen LogP contribution in [0.25, 0.3) is 178 Å². The first-order valence-electron chi connectivity index (χ1n) is 37.0. The van der Waals surface area contributed by atoms with Crippen molar-refractivity contribution in [3.63, 3.8) is 0 Å². The lowest BCUT2D eigenvalue weighted by Gasteiger charge is -2.32. The van der Waals surface area contributed by atoms with Gasteiger partial charge in [-0.15, -0.1) is 0 Å². The quantitative estimate of drug-likeness (QED) is 0.125. The second kappa shape index (κ2) is 29.8. The number of halogens is 1. The van der Waals surface area contributed by atoms with E-state index in [9.17, 15) is 0 Å². The van der Waals surface area contributed by atoms with Crippen molar-refractivity contribution in [1.82, 2.24) is 29.1 Å². The fourth-order valence-corrected chi connectivity index (χ4v) is 15.5. The lowest BCUT2D eigenvalue weighted by atomic mass is 9.77. The molecule has 10 nitrogen and oxygen atoms in total. The van der Waals surface area contributed by atoms with Crippen LogP contribution in [0.3, 0.4) is 0 Å². The number of fused-ring (bicyclic) bond motifs is 12. The Hall–Kier alpha value is -13.0. The van der Waals surface area contributed by atoms with Gasteiger partial charge in [-0.3, -0.25) is 0 Å². The van der Waals surface area contributed by atoms with E-state index in [1.54, 1.807) is 0 Å². The fraction of sp³-hybridized carbons (Fsp3) is 0.0707. The molecule has 0 N–H and O–H groups in total. The van der Waals surface area contributed by atoms with E-state index >= 15 is 0 Å². The molecule has 1 aliphatic rings. The summed E-state index contributed by atoms with van der Waals surface area (Å²) in [6, 6.07) is 122. The topological polar surface area (TPSA) is 106 Å². The van der Waals surface area contributed by atoms with Crippen LogP contribution in [0, 0.1) is 0 Å². The van der Waals surface area contributed by atoms with E-state index < -0.39 is 18.3 Å². The molecule has 537 valence electrons. The SMILES string of the molecule is Brc1ccc(-c2nc(-c3ccccc3)cc(-c3ccccc3)n2)cc1.C.CC1(C)OB(c2cc(-n3c4ccccc4c4ccccc43)cc3c2oc2ccccc23)OC1(C)C.[B].c1ccc(-c2cc(-c3ccccc3)nc(-c3ccc(-c4cc(-n5c6ccccc6c6ccccc65)cc5c4oc4ccccc45)cc3)n2)cc1. The first kappa shape index (κ1) is 71.9. The number of para-hydroxylation sites is 6. The molecule has 0 amide bonds. The normalized spacial score (nSPS) is 13.0. The maximum atomic E-state index is 6.60. The zero-order valence-corrected chi connectivity index (χ0v) is 62.9. The van der Waals surface area contributed by atoms with Gasteiger partial charge < -0.3 is 27.3 Å². The average molecular weight is 1510 g/mol. The van der Waals surface area contributed by atoms with E-state index in [0.29, 0.717) is 5.82 Å². The summed E-state index contributed by atoms with van der Waals surface area (Å²) >= 11 is 3.48. The zero-order chi connectivity index (χ0) is 74.0. The second-order valence-corrected chi connectivity index (χ2v) is 29.7. The van der Waals surface area contributed by atoms with Crippen molar-refractivity contribution >= 4 is 124 Å². The van der Waals surface area contributed by atoms with Crippen LogP contribution in [-0.2, 0) is 9.31 Å². The predicted octanol–water partition coefficient (Wildman–Crippen LogP) is 25.6. The lowest BCUT2D eigenvalue weighted by molar-refractivity contribution is 0.00578. The van der Waals surface area contributed by atoms with Crippen LogP contribution in [-0.4, -0.2) is 55.8 Å². The largest absolute Gasteiger partial charge is 0.498 e. The van der Waals surface area contributed by atoms with Gasteiger partial charge in [-0.25, -0.2) is 19.9 Å². The van der Waals surface area contributed by atoms with Crippen molar-refractivity contribution in [2.45, 2.75) is 46.3 Å². The first-order valence-corrected chi connectivity index (χ1v) is 37.8. The van der Waals surface area contributed by atoms with Gasteiger partial charge in [0.2, 0.25) is 0 Å². The fourth-order valence-electron chi connectivity index (χ4n) is 15.2. The van der Waals surface area contributed by atoms with Gasteiger partial charge in [-0.05, 0) is 118 Å². The summed E-state index contributed by atoms with van der Waals surface area (Å²) in [5.74, 6) is 1.41. The molecule has 20 aromatic rings. The molecular formula is C99H74B2BrN6O4. The molecule has 0 saturated carbocycles. The zero-order valence-electron chi connectivity index (χ0n) is 61.3. The lowest BCUT2D eigenvalue weighted by Crippen LogP contribution is -2.41. The molecule has 13 heteroatoms. The Kier molecular flexibility index (Phi) is 19.1. The highest BCUT2D eigenvalue weighted by Crippen LogP contribution is 2.44. The summed E-state index contributed by atoms with van der Waals surface area (Å²) < 4.78 is 31.8.